The summed E-state index contributed by atoms with van der Waals surface area (Å²) in [5.41, 5.74) is -0.447. The molecule has 0 aliphatic rings. The maximum Gasteiger partial charge on any atom is 0.339 e. The van der Waals surface area contributed by atoms with E-state index in [4.69, 9.17) is 22.3 Å². The molecule has 0 amide bonds. The van der Waals surface area contributed by atoms with Gasteiger partial charge in [-0.25, -0.2) is 9.59 Å². The third kappa shape index (κ3) is 4.34. The minimum atomic E-state index is -1.21. The van der Waals surface area contributed by atoms with Crippen molar-refractivity contribution in [2.45, 2.75) is 19.3 Å². The third-order valence-electron chi connectivity index (χ3n) is 4.45. The second kappa shape index (κ2) is 8.86. The van der Waals surface area contributed by atoms with Gasteiger partial charge in [0.05, 0.1) is 0 Å². The Morgan fingerprint density at radius 2 is 1.24 bits per heavy atom. The van der Waals surface area contributed by atoms with E-state index in [9.17, 15) is 19.8 Å². The fourth-order valence-electron chi connectivity index (χ4n) is 3.17. The quantitative estimate of drug-likeness (QED) is 0.669. The summed E-state index contributed by atoms with van der Waals surface area (Å²) >= 11 is 0. The third-order valence-corrected chi connectivity index (χ3v) is 4.45. The van der Waals surface area contributed by atoms with Crippen molar-refractivity contribution < 1.29 is 29.3 Å². The van der Waals surface area contributed by atoms with Gasteiger partial charge in [-0.1, -0.05) is 50.0 Å². The highest BCUT2D eigenvalue weighted by molar-refractivity contribution is 5.95. The normalized spacial score (nSPS) is 10.5. The highest BCUT2D eigenvalue weighted by Gasteiger charge is 2.34. The average molecular weight is 392 g/mol. The summed E-state index contributed by atoms with van der Waals surface area (Å²) in [6, 6.07) is 9.51. The van der Waals surface area contributed by atoms with Crippen molar-refractivity contribution in [3.63, 3.8) is 0 Å². The van der Waals surface area contributed by atoms with Crippen LogP contribution in [0.1, 0.15) is 45.7 Å². The highest BCUT2D eigenvalue weighted by Crippen LogP contribution is 2.40. The van der Waals surface area contributed by atoms with Crippen LogP contribution < -0.4 is 9.47 Å². The number of hydrogen-bond acceptors (Lipinski definition) is 4. The Kier molecular flexibility index (Phi) is 6.54. The van der Waals surface area contributed by atoms with E-state index in [0.29, 0.717) is 11.1 Å². The number of carboxylic acids is 2. The molecule has 0 unspecified atom stereocenters. The van der Waals surface area contributed by atoms with Gasteiger partial charge in [-0.15, -0.1) is 12.8 Å². The minimum Gasteiger partial charge on any atom is -0.480 e. The topological polar surface area (TPSA) is 93.1 Å². The molecule has 0 aliphatic carbocycles. The molecule has 0 radical (unpaired) electrons. The van der Waals surface area contributed by atoms with Gasteiger partial charge in [0.25, 0.3) is 0 Å². The van der Waals surface area contributed by atoms with Gasteiger partial charge < -0.3 is 19.7 Å². The number of benzene rings is 2. The van der Waals surface area contributed by atoms with Crippen LogP contribution in [-0.4, -0.2) is 35.4 Å². The first-order chi connectivity index (χ1) is 13.8. The molecule has 2 aromatic carbocycles. The molecule has 2 N–H and O–H groups in total. The summed E-state index contributed by atoms with van der Waals surface area (Å²) in [6.07, 6.45) is 10.4. The number of ether oxygens (including phenoxy) is 2. The molecule has 0 atom stereocenters. The Morgan fingerprint density at radius 3 is 1.55 bits per heavy atom. The molecule has 0 fully saturated rings. The monoisotopic (exact) mass is 392 g/mol. The smallest absolute Gasteiger partial charge is 0.339 e. The number of hydrogen-bond donors (Lipinski definition) is 2. The zero-order chi connectivity index (χ0) is 21.6. The van der Waals surface area contributed by atoms with Crippen LogP contribution >= 0.6 is 0 Å². The summed E-state index contributed by atoms with van der Waals surface area (Å²) in [5, 5.41) is 19.6. The Bertz CT molecular complexity index is 939. The van der Waals surface area contributed by atoms with Crippen molar-refractivity contribution in [1.29, 1.82) is 0 Å². The Morgan fingerprint density at radius 1 is 0.862 bits per heavy atom. The van der Waals surface area contributed by atoms with E-state index in [1.54, 1.807) is 38.1 Å². The van der Waals surface area contributed by atoms with E-state index in [-0.39, 0.29) is 35.8 Å². The van der Waals surface area contributed by atoms with Crippen molar-refractivity contribution in [3.05, 3.63) is 58.7 Å². The number of terminal acetylenes is 2. The van der Waals surface area contributed by atoms with Gasteiger partial charge in [-0.05, 0) is 23.3 Å². The molecule has 2 aromatic rings. The molecule has 29 heavy (non-hydrogen) atoms. The van der Waals surface area contributed by atoms with E-state index < -0.39 is 17.4 Å². The van der Waals surface area contributed by atoms with Crippen LogP contribution in [0, 0.1) is 24.7 Å². The van der Waals surface area contributed by atoms with Crippen molar-refractivity contribution in [2.24, 2.45) is 0 Å². The Balaban J connectivity index is 2.74. The second-order valence-corrected chi connectivity index (χ2v) is 6.58. The van der Waals surface area contributed by atoms with E-state index in [1.807, 2.05) is 0 Å². The maximum atomic E-state index is 12.0. The maximum absolute atomic E-state index is 12.0. The minimum absolute atomic E-state index is 0.0842. The molecule has 6 nitrogen and oxygen atoms in total. The molecule has 148 valence electrons. The van der Waals surface area contributed by atoms with Crippen molar-refractivity contribution in [2.75, 3.05) is 13.2 Å². The molecule has 0 spiro atoms. The summed E-state index contributed by atoms with van der Waals surface area (Å²) < 4.78 is 10.8. The fourth-order valence-corrected chi connectivity index (χ4v) is 3.17. The molecular weight excluding hydrogens is 372 g/mol. The van der Waals surface area contributed by atoms with Crippen LogP contribution in [0.4, 0.5) is 0 Å². The lowest BCUT2D eigenvalue weighted by molar-refractivity contribution is 0.0682. The molecule has 0 aromatic heterocycles. The first-order valence-electron chi connectivity index (χ1n) is 8.61. The summed E-state index contributed by atoms with van der Waals surface area (Å²) in [7, 11) is 0. The van der Waals surface area contributed by atoms with Crippen molar-refractivity contribution in [1.82, 2.24) is 0 Å². The zero-order valence-electron chi connectivity index (χ0n) is 16.1. The average Bonchev–Trinajstić information content (AvgIpc) is 2.69. The lowest BCUT2D eigenvalue weighted by Gasteiger charge is -2.30. The van der Waals surface area contributed by atoms with Gasteiger partial charge in [-0.3, -0.25) is 0 Å². The molecule has 0 bridgehead atoms. The van der Waals surface area contributed by atoms with Gasteiger partial charge in [0.2, 0.25) is 0 Å². The van der Waals surface area contributed by atoms with Gasteiger partial charge in [-0.2, -0.15) is 0 Å². The highest BCUT2D eigenvalue weighted by atomic mass is 16.5. The molecular formula is C23H20O6. The predicted molar refractivity (Wildman–Crippen MR) is 108 cm³/mol. The molecule has 0 aliphatic heterocycles. The van der Waals surface area contributed by atoms with Gasteiger partial charge in [0.1, 0.15) is 35.8 Å². The van der Waals surface area contributed by atoms with Crippen LogP contribution in [0.2, 0.25) is 0 Å². The number of rotatable bonds is 8. The molecule has 2 rings (SSSR count). The molecule has 0 heterocycles. The van der Waals surface area contributed by atoms with Gasteiger partial charge in [0.15, 0.2) is 0 Å². The molecule has 6 heteroatoms. The van der Waals surface area contributed by atoms with Crippen LogP contribution in [0.3, 0.4) is 0 Å². The standard InChI is InChI=1S/C23H20O6/c1-5-13-28-17-11-7-9-15(19(17)21(24)25)23(3,4)16-10-8-12-18(29-14-6-2)20(16)22(26)27/h1-2,7-12H,13-14H2,3-4H3,(H,24,25)(H,26,27). The van der Waals surface area contributed by atoms with Gasteiger partial charge in [0, 0.05) is 5.41 Å². The summed E-state index contributed by atoms with van der Waals surface area (Å²) in [5.74, 6) is 2.39. The van der Waals surface area contributed by atoms with Crippen LogP contribution in [0.5, 0.6) is 11.5 Å². The first kappa shape index (κ1) is 21.4. The van der Waals surface area contributed by atoms with Crippen LogP contribution in [0.15, 0.2) is 36.4 Å². The van der Waals surface area contributed by atoms with Crippen molar-refractivity contribution in [3.8, 4) is 36.2 Å². The largest absolute Gasteiger partial charge is 0.480 e. The van der Waals surface area contributed by atoms with E-state index >= 15 is 0 Å². The van der Waals surface area contributed by atoms with Crippen LogP contribution in [-0.2, 0) is 5.41 Å². The number of aromatic carboxylic acids is 2. The predicted octanol–water partition coefficient (Wildman–Crippen LogP) is 3.43. The van der Waals surface area contributed by atoms with E-state index in [0.717, 1.165) is 0 Å². The van der Waals surface area contributed by atoms with E-state index in [2.05, 4.69) is 11.8 Å². The molecule has 0 saturated heterocycles. The Labute approximate surface area is 169 Å². The lowest BCUT2D eigenvalue weighted by Crippen LogP contribution is -2.26. The second-order valence-electron chi connectivity index (χ2n) is 6.58. The summed E-state index contributed by atoms with van der Waals surface area (Å²) in [4.78, 5) is 24.0. The SMILES string of the molecule is C#CCOc1cccc(C(C)(C)c2cccc(OCC#C)c2C(=O)O)c1C(=O)O. The van der Waals surface area contributed by atoms with Gasteiger partial charge >= 0.3 is 11.9 Å². The zero-order valence-corrected chi connectivity index (χ0v) is 16.1. The number of carboxylic acid groups (broad SMARTS) is 2. The summed E-state index contributed by atoms with van der Waals surface area (Å²) in [6.45, 7) is 3.26. The lowest BCUT2D eigenvalue weighted by atomic mass is 9.74. The van der Waals surface area contributed by atoms with E-state index in [1.165, 1.54) is 12.1 Å². The fraction of sp³-hybridized carbons (Fsp3) is 0.217. The van der Waals surface area contributed by atoms with Crippen LogP contribution in [0.25, 0.3) is 0 Å². The van der Waals surface area contributed by atoms with Crippen molar-refractivity contribution >= 4 is 11.9 Å². The first-order valence-corrected chi connectivity index (χ1v) is 8.61. The number of carbonyl (C=O) groups is 2. The Hall–Kier alpha value is -3.90. The molecule has 0 saturated carbocycles.